The van der Waals surface area contributed by atoms with E-state index in [0.29, 0.717) is 32.6 Å². The summed E-state index contributed by atoms with van der Waals surface area (Å²) in [4.78, 5) is 17.0. The number of carbonyl (C=O) groups excluding carboxylic acids is 1. The quantitative estimate of drug-likeness (QED) is 0.520. The topological polar surface area (TPSA) is 93.5 Å². The van der Waals surface area contributed by atoms with Crippen LogP contribution in [-0.4, -0.2) is 67.9 Å². The molecule has 0 radical (unpaired) electrons. The van der Waals surface area contributed by atoms with Crippen LogP contribution in [0.1, 0.15) is 23.6 Å². The van der Waals surface area contributed by atoms with Crippen molar-refractivity contribution in [1.29, 1.82) is 5.26 Å². The first kappa shape index (κ1) is 23.0. The fourth-order valence-corrected chi connectivity index (χ4v) is 6.19. The third kappa shape index (κ3) is 5.62. The number of amides is 1. The molecule has 0 aliphatic carbocycles. The largest absolute Gasteiger partial charge is 0.386 e. The van der Waals surface area contributed by atoms with Crippen LogP contribution >= 0.6 is 0 Å². The van der Waals surface area contributed by atoms with Gasteiger partial charge in [0.1, 0.15) is 11.6 Å². The summed E-state index contributed by atoms with van der Waals surface area (Å²) in [6.45, 7) is 2.41. The van der Waals surface area contributed by atoms with Crippen molar-refractivity contribution in [3.8, 4) is 6.07 Å². The highest BCUT2D eigenvalue weighted by Gasteiger charge is 2.30. The van der Waals surface area contributed by atoms with Crippen molar-refractivity contribution in [1.82, 2.24) is 15.1 Å². The first-order valence-corrected chi connectivity index (χ1v) is 13.0. The molecule has 33 heavy (non-hydrogen) atoms. The standard InChI is InChI=1S/C25H28N4O3S/c26-17-22(18-27-23-11-16-33(31,32)19-23)25(30)29-14-12-28(13-15-29)24(20-7-3-1-4-8-20)21-9-5-2-6-10-21/h1-10,18,23-24,27H,11-16,19H2/b22-18-. The van der Waals surface area contributed by atoms with Crippen molar-refractivity contribution >= 4 is 15.7 Å². The molecular weight excluding hydrogens is 436 g/mol. The fraction of sp³-hybridized carbons (Fsp3) is 0.360. The highest BCUT2D eigenvalue weighted by atomic mass is 32.2. The van der Waals surface area contributed by atoms with Crippen LogP contribution in [0.5, 0.6) is 0 Å². The molecule has 2 fully saturated rings. The number of benzene rings is 2. The number of carbonyl (C=O) groups is 1. The Hall–Kier alpha value is -3.15. The molecule has 0 spiro atoms. The zero-order chi connectivity index (χ0) is 23.3. The van der Waals surface area contributed by atoms with Gasteiger partial charge in [0.15, 0.2) is 9.84 Å². The van der Waals surface area contributed by atoms with Gasteiger partial charge in [0.25, 0.3) is 5.91 Å². The Bertz CT molecular complexity index is 1100. The average molecular weight is 465 g/mol. The van der Waals surface area contributed by atoms with Gasteiger partial charge >= 0.3 is 0 Å². The van der Waals surface area contributed by atoms with E-state index in [1.54, 1.807) is 4.90 Å². The number of hydrogen-bond donors (Lipinski definition) is 1. The number of nitriles is 1. The normalized spacial score (nSPS) is 21.0. The van der Waals surface area contributed by atoms with Gasteiger partial charge in [-0.05, 0) is 17.5 Å². The second-order valence-electron chi connectivity index (χ2n) is 8.49. The minimum Gasteiger partial charge on any atom is -0.386 e. The maximum atomic E-state index is 12.9. The maximum Gasteiger partial charge on any atom is 0.266 e. The number of nitrogens with zero attached hydrogens (tertiary/aromatic N) is 3. The van der Waals surface area contributed by atoms with Crippen molar-refractivity contribution in [3.05, 3.63) is 83.6 Å². The van der Waals surface area contributed by atoms with Crippen molar-refractivity contribution in [2.75, 3.05) is 37.7 Å². The second-order valence-corrected chi connectivity index (χ2v) is 10.7. The van der Waals surface area contributed by atoms with Crippen LogP contribution < -0.4 is 5.32 Å². The minimum absolute atomic E-state index is 0.00965. The van der Waals surface area contributed by atoms with Crippen molar-refractivity contribution in [3.63, 3.8) is 0 Å². The van der Waals surface area contributed by atoms with E-state index in [4.69, 9.17) is 0 Å². The van der Waals surface area contributed by atoms with Crippen LogP contribution in [-0.2, 0) is 14.6 Å². The van der Waals surface area contributed by atoms with Gasteiger partial charge in [-0.25, -0.2) is 8.42 Å². The molecule has 2 aromatic carbocycles. The molecule has 8 heteroatoms. The van der Waals surface area contributed by atoms with Gasteiger partial charge in [-0.15, -0.1) is 0 Å². The van der Waals surface area contributed by atoms with Gasteiger partial charge in [0.2, 0.25) is 0 Å². The van der Waals surface area contributed by atoms with Crippen LogP contribution in [0.3, 0.4) is 0 Å². The lowest BCUT2D eigenvalue weighted by Crippen LogP contribution is -2.50. The van der Waals surface area contributed by atoms with Gasteiger partial charge in [-0.2, -0.15) is 5.26 Å². The Morgan fingerprint density at radius 1 is 1.00 bits per heavy atom. The SMILES string of the molecule is N#C/C(=C/NC1CCS(=O)(=O)C1)C(=O)N1CCN(C(c2ccccc2)c2ccccc2)CC1. The van der Waals surface area contributed by atoms with Gasteiger partial charge in [-0.1, -0.05) is 60.7 Å². The summed E-state index contributed by atoms with van der Waals surface area (Å²) in [7, 11) is -3.03. The number of rotatable bonds is 6. The molecule has 0 aromatic heterocycles. The molecule has 1 amide bonds. The Morgan fingerprint density at radius 2 is 1.58 bits per heavy atom. The average Bonchev–Trinajstić information content (AvgIpc) is 3.20. The van der Waals surface area contributed by atoms with Crippen molar-refractivity contribution in [2.24, 2.45) is 0 Å². The smallest absolute Gasteiger partial charge is 0.266 e. The highest BCUT2D eigenvalue weighted by molar-refractivity contribution is 7.91. The van der Waals surface area contributed by atoms with E-state index in [-0.39, 0.29) is 35.1 Å². The monoisotopic (exact) mass is 464 g/mol. The van der Waals surface area contributed by atoms with E-state index in [1.807, 2.05) is 42.5 Å². The highest BCUT2D eigenvalue weighted by Crippen LogP contribution is 2.29. The van der Waals surface area contributed by atoms with Crippen LogP contribution in [0.4, 0.5) is 0 Å². The van der Waals surface area contributed by atoms with E-state index in [0.717, 1.165) is 0 Å². The molecular formula is C25H28N4O3S. The predicted octanol–water partition coefficient (Wildman–Crippen LogP) is 2.10. The van der Waals surface area contributed by atoms with Gasteiger partial charge < -0.3 is 10.2 Å². The van der Waals surface area contributed by atoms with E-state index in [9.17, 15) is 18.5 Å². The van der Waals surface area contributed by atoms with E-state index < -0.39 is 9.84 Å². The van der Waals surface area contributed by atoms with Crippen LogP contribution in [0.25, 0.3) is 0 Å². The Labute approximate surface area is 195 Å². The molecule has 0 saturated carbocycles. The molecule has 2 aliphatic rings. The lowest BCUT2D eigenvalue weighted by atomic mass is 9.96. The number of hydrogen-bond acceptors (Lipinski definition) is 6. The Morgan fingerprint density at radius 3 is 2.06 bits per heavy atom. The van der Waals surface area contributed by atoms with Gasteiger partial charge in [0.05, 0.1) is 17.5 Å². The summed E-state index contributed by atoms with van der Waals surface area (Å²) in [5, 5.41) is 12.5. The third-order valence-corrected chi connectivity index (χ3v) is 8.01. The van der Waals surface area contributed by atoms with Crippen LogP contribution in [0.15, 0.2) is 72.4 Å². The van der Waals surface area contributed by atoms with Crippen LogP contribution in [0.2, 0.25) is 0 Å². The van der Waals surface area contributed by atoms with Crippen molar-refractivity contribution in [2.45, 2.75) is 18.5 Å². The summed E-state index contributed by atoms with van der Waals surface area (Å²) in [6.07, 6.45) is 1.88. The van der Waals surface area contributed by atoms with E-state index in [2.05, 4.69) is 34.5 Å². The summed E-state index contributed by atoms with van der Waals surface area (Å²) >= 11 is 0. The lowest BCUT2D eigenvalue weighted by Gasteiger charge is -2.39. The van der Waals surface area contributed by atoms with Gasteiger partial charge in [-0.3, -0.25) is 9.69 Å². The second kappa shape index (κ2) is 10.2. The van der Waals surface area contributed by atoms with Gasteiger partial charge in [0, 0.05) is 38.4 Å². The molecule has 1 N–H and O–H groups in total. The lowest BCUT2D eigenvalue weighted by molar-refractivity contribution is -0.128. The molecule has 2 aromatic rings. The maximum absolute atomic E-state index is 12.9. The Kier molecular flexibility index (Phi) is 7.11. The van der Waals surface area contributed by atoms with Crippen LogP contribution in [0, 0.1) is 11.3 Å². The molecule has 1 atom stereocenters. The van der Waals surface area contributed by atoms with Crippen molar-refractivity contribution < 1.29 is 13.2 Å². The predicted molar refractivity (Wildman–Crippen MR) is 127 cm³/mol. The summed E-state index contributed by atoms with van der Waals surface area (Å²) in [5.41, 5.74) is 2.42. The third-order valence-electron chi connectivity index (χ3n) is 6.24. The summed E-state index contributed by atoms with van der Waals surface area (Å²) < 4.78 is 23.2. The molecule has 0 bridgehead atoms. The number of piperazine rings is 1. The van der Waals surface area contributed by atoms with E-state index in [1.165, 1.54) is 17.3 Å². The number of sulfone groups is 1. The molecule has 172 valence electrons. The molecule has 7 nitrogen and oxygen atoms in total. The first-order valence-electron chi connectivity index (χ1n) is 11.2. The molecule has 2 heterocycles. The zero-order valence-corrected chi connectivity index (χ0v) is 19.2. The minimum atomic E-state index is -3.03. The fourth-order valence-electron chi connectivity index (χ4n) is 4.51. The zero-order valence-electron chi connectivity index (χ0n) is 18.4. The van der Waals surface area contributed by atoms with E-state index >= 15 is 0 Å². The molecule has 2 saturated heterocycles. The summed E-state index contributed by atoms with van der Waals surface area (Å²) in [6, 6.07) is 22.5. The molecule has 4 rings (SSSR count). The first-order chi connectivity index (χ1) is 16.0. The Balaban J connectivity index is 1.42. The molecule has 2 aliphatic heterocycles. The summed E-state index contributed by atoms with van der Waals surface area (Å²) in [5.74, 6) is -0.142. The molecule has 1 unspecified atom stereocenters. The number of nitrogens with one attached hydrogen (secondary N) is 1.